The Labute approximate surface area is 175 Å². The van der Waals surface area contributed by atoms with E-state index in [1.165, 1.54) is 10.5 Å². The molecule has 7 rings (SSSR count). The second-order valence-corrected chi connectivity index (χ2v) is 8.47. The first-order valence-corrected chi connectivity index (χ1v) is 10.5. The van der Waals surface area contributed by atoms with Crippen LogP contribution in [-0.2, 0) is 21.5 Å². The first kappa shape index (κ1) is 17.4. The molecule has 0 aromatic heterocycles. The van der Waals surface area contributed by atoms with E-state index in [9.17, 15) is 9.59 Å². The van der Waals surface area contributed by atoms with Crippen LogP contribution in [-0.4, -0.2) is 16.7 Å². The fourth-order valence-electron chi connectivity index (χ4n) is 5.84. The van der Waals surface area contributed by atoms with Crippen LogP contribution in [0.2, 0.25) is 0 Å². The molecule has 0 N–H and O–H groups in total. The highest BCUT2D eigenvalue weighted by molar-refractivity contribution is 6.13. The first-order valence-electron chi connectivity index (χ1n) is 10.5. The molecule has 1 spiro atoms. The van der Waals surface area contributed by atoms with Crippen molar-refractivity contribution in [1.29, 1.82) is 0 Å². The number of imide groups is 1. The molecule has 0 unspecified atom stereocenters. The Bertz CT molecular complexity index is 1180. The van der Waals surface area contributed by atoms with E-state index in [1.807, 2.05) is 72.8 Å². The fourth-order valence-corrected chi connectivity index (χ4v) is 5.84. The summed E-state index contributed by atoms with van der Waals surface area (Å²) in [5.74, 6) is -0.487. The fraction of sp³-hybridized carbons (Fsp3) is 0.185. The zero-order valence-electron chi connectivity index (χ0n) is 16.4. The zero-order chi connectivity index (χ0) is 20.3. The third kappa shape index (κ3) is 2.15. The molecule has 3 heteroatoms. The van der Waals surface area contributed by atoms with E-state index in [4.69, 9.17) is 0 Å². The Morgan fingerprint density at radius 2 is 1.47 bits per heavy atom. The van der Waals surface area contributed by atoms with Gasteiger partial charge in [0.1, 0.15) is 5.41 Å². The number of hydrogen-bond donors (Lipinski definition) is 0. The Kier molecular flexibility index (Phi) is 3.64. The molecule has 3 aromatic rings. The standard InChI is InChI=1S/C27H21NO2/c29-25-24-23(19-11-5-2-6-12-19)21-15-16-27(24,22-14-8-7-13-20(21)22)26(30)28(25)17-18-9-3-1-4-10-18/h1-16,21,23-24H,17H2/t21-,23-,24-,27-/m1/s1. The van der Waals surface area contributed by atoms with Crippen molar-refractivity contribution >= 4 is 11.8 Å². The van der Waals surface area contributed by atoms with E-state index in [0.717, 1.165) is 16.7 Å². The van der Waals surface area contributed by atoms with E-state index < -0.39 is 11.3 Å². The van der Waals surface area contributed by atoms with Crippen LogP contribution in [0, 0.1) is 5.92 Å². The van der Waals surface area contributed by atoms with Crippen LogP contribution in [0.5, 0.6) is 0 Å². The van der Waals surface area contributed by atoms with Crippen molar-refractivity contribution in [3.05, 3.63) is 119 Å². The van der Waals surface area contributed by atoms with Crippen molar-refractivity contribution in [1.82, 2.24) is 4.90 Å². The highest BCUT2D eigenvalue weighted by atomic mass is 16.2. The van der Waals surface area contributed by atoms with Crippen molar-refractivity contribution in [2.24, 2.45) is 5.92 Å². The number of hydrogen-bond acceptors (Lipinski definition) is 2. The smallest absolute Gasteiger partial charge is 0.244 e. The lowest BCUT2D eigenvalue weighted by Crippen LogP contribution is -2.49. The van der Waals surface area contributed by atoms with Gasteiger partial charge in [0.25, 0.3) is 0 Å². The third-order valence-corrected chi connectivity index (χ3v) is 7.07. The lowest BCUT2D eigenvalue weighted by Gasteiger charge is -2.48. The van der Waals surface area contributed by atoms with Crippen molar-refractivity contribution in [2.45, 2.75) is 23.8 Å². The second-order valence-electron chi connectivity index (χ2n) is 8.47. The molecule has 0 radical (unpaired) electrons. The molecule has 2 amide bonds. The number of nitrogens with zero attached hydrogens (tertiary/aromatic N) is 1. The molecule has 30 heavy (non-hydrogen) atoms. The molecule has 4 atom stereocenters. The highest BCUT2D eigenvalue weighted by Crippen LogP contribution is 2.62. The summed E-state index contributed by atoms with van der Waals surface area (Å²) in [6, 6.07) is 28.1. The molecule has 3 aliphatic carbocycles. The average Bonchev–Trinajstić information content (AvgIpc) is 3.03. The number of benzene rings is 3. The van der Waals surface area contributed by atoms with Crippen LogP contribution in [0.15, 0.2) is 97.1 Å². The van der Waals surface area contributed by atoms with Crippen LogP contribution in [0.25, 0.3) is 0 Å². The van der Waals surface area contributed by atoms with Crippen LogP contribution >= 0.6 is 0 Å². The van der Waals surface area contributed by atoms with Gasteiger partial charge in [0.15, 0.2) is 0 Å². The first-order chi connectivity index (χ1) is 14.7. The van der Waals surface area contributed by atoms with Gasteiger partial charge in [0.2, 0.25) is 11.8 Å². The van der Waals surface area contributed by atoms with Gasteiger partial charge in [-0.3, -0.25) is 14.5 Å². The van der Waals surface area contributed by atoms with E-state index in [-0.39, 0.29) is 23.7 Å². The van der Waals surface area contributed by atoms with E-state index >= 15 is 0 Å². The Hall–Kier alpha value is -3.46. The van der Waals surface area contributed by atoms with Crippen LogP contribution < -0.4 is 0 Å². The lowest BCUT2D eigenvalue weighted by atomic mass is 9.51. The Morgan fingerprint density at radius 3 is 2.23 bits per heavy atom. The molecule has 1 aliphatic heterocycles. The highest BCUT2D eigenvalue weighted by Gasteiger charge is 2.67. The minimum absolute atomic E-state index is 0.0386. The summed E-state index contributed by atoms with van der Waals surface area (Å²) in [6.45, 7) is 0.318. The Morgan fingerprint density at radius 1 is 0.800 bits per heavy atom. The molecule has 146 valence electrons. The predicted molar refractivity (Wildman–Crippen MR) is 115 cm³/mol. The molecule has 4 aliphatic rings. The van der Waals surface area contributed by atoms with E-state index in [0.29, 0.717) is 6.54 Å². The number of likely N-dealkylation sites (tertiary alicyclic amines) is 1. The van der Waals surface area contributed by atoms with Crippen molar-refractivity contribution in [3.63, 3.8) is 0 Å². The minimum atomic E-state index is -0.905. The van der Waals surface area contributed by atoms with Crippen LogP contribution in [0.1, 0.15) is 34.1 Å². The maximum Gasteiger partial charge on any atom is 0.244 e. The molecular formula is C27H21NO2. The van der Waals surface area contributed by atoms with Gasteiger partial charge in [0.05, 0.1) is 12.5 Å². The summed E-state index contributed by atoms with van der Waals surface area (Å²) >= 11 is 0. The molecule has 3 aromatic carbocycles. The van der Waals surface area contributed by atoms with Gasteiger partial charge in [-0.05, 0) is 22.3 Å². The van der Waals surface area contributed by atoms with Crippen molar-refractivity contribution in [3.8, 4) is 0 Å². The quantitative estimate of drug-likeness (QED) is 0.485. The summed E-state index contributed by atoms with van der Waals surface area (Å²) in [7, 11) is 0. The van der Waals surface area contributed by atoms with Gasteiger partial charge in [-0.2, -0.15) is 0 Å². The van der Waals surface area contributed by atoms with Crippen LogP contribution in [0.3, 0.4) is 0 Å². The van der Waals surface area contributed by atoms with Gasteiger partial charge >= 0.3 is 0 Å². The van der Waals surface area contributed by atoms with Crippen molar-refractivity contribution in [2.75, 3.05) is 0 Å². The van der Waals surface area contributed by atoms with Crippen molar-refractivity contribution < 1.29 is 9.59 Å². The summed E-state index contributed by atoms with van der Waals surface area (Å²) < 4.78 is 0. The van der Waals surface area contributed by atoms with E-state index in [1.54, 1.807) is 0 Å². The summed E-state index contributed by atoms with van der Waals surface area (Å²) in [4.78, 5) is 29.2. The number of amides is 2. The predicted octanol–water partition coefficient (Wildman–Crippen LogP) is 4.56. The topological polar surface area (TPSA) is 37.4 Å². The van der Waals surface area contributed by atoms with Gasteiger partial charge in [0, 0.05) is 11.8 Å². The van der Waals surface area contributed by atoms with E-state index in [2.05, 4.69) is 24.3 Å². The summed E-state index contributed by atoms with van der Waals surface area (Å²) in [6.07, 6.45) is 4.18. The van der Waals surface area contributed by atoms with Crippen LogP contribution in [0.4, 0.5) is 0 Å². The van der Waals surface area contributed by atoms with Gasteiger partial charge in [-0.25, -0.2) is 0 Å². The summed E-state index contributed by atoms with van der Waals surface area (Å²) in [5.41, 5.74) is 3.37. The largest absolute Gasteiger partial charge is 0.277 e. The van der Waals surface area contributed by atoms with Gasteiger partial charge in [-0.1, -0.05) is 97.1 Å². The maximum absolute atomic E-state index is 13.9. The molecular weight excluding hydrogens is 370 g/mol. The normalized spacial score (nSPS) is 28.5. The molecule has 3 nitrogen and oxygen atoms in total. The number of carbonyl (C=O) groups excluding carboxylic acids is 2. The molecule has 1 fully saturated rings. The summed E-state index contributed by atoms with van der Waals surface area (Å²) in [5, 5.41) is 0. The molecule has 2 bridgehead atoms. The second kappa shape index (κ2) is 6.27. The Balaban J connectivity index is 1.55. The molecule has 0 saturated carbocycles. The number of rotatable bonds is 3. The minimum Gasteiger partial charge on any atom is -0.277 e. The molecule has 1 saturated heterocycles. The third-order valence-electron chi connectivity index (χ3n) is 7.07. The van der Waals surface area contributed by atoms with Gasteiger partial charge in [-0.15, -0.1) is 0 Å². The SMILES string of the molecule is O=C1[C@H]2[C@H](c3ccccc3)[C@@H]3C=C[C@@]2(C(=O)N1Cc1ccccc1)c1ccccc13. The molecule has 1 heterocycles. The average molecular weight is 391 g/mol. The van der Waals surface area contributed by atoms with Gasteiger partial charge < -0.3 is 0 Å². The zero-order valence-corrected chi connectivity index (χ0v) is 16.4. The lowest BCUT2D eigenvalue weighted by molar-refractivity contribution is -0.140. The monoisotopic (exact) mass is 391 g/mol. The number of allylic oxidation sites excluding steroid dienone is 1. The maximum atomic E-state index is 13.9. The number of carbonyl (C=O) groups is 2.